The lowest BCUT2D eigenvalue weighted by atomic mass is 10.1. The van der Waals surface area contributed by atoms with E-state index in [4.69, 9.17) is 10.8 Å². The molecule has 0 aromatic carbocycles. The Kier molecular flexibility index (Phi) is 3.79. The van der Waals surface area contributed by atoms with E-state index in [9.17, 15) is 4.79 Å². The lowest BCUT2D eigenvalue weighted by molar-refractivity contribution is 0.125. The number of hydrogen-bond acceptors (Lipinski definition) is 2. The first-order valence-corrected chi connectivity index (χ1v) is 3.25. The van der Waals surface area contributed by atoms with Crippen molar-refractivity contribution in [3.8, 4) is 0 Å². The van der Waals surface area contributed by atoms with Gasteiger partial charge in [-0.1, -0.05) is 13.8 Å². The fourth-order valence-electron chi connectivity index (χ4n) is 0.441. The van der Waals surface area contributed by atoms with Crippen molar-refractivity contribution >= 4 is 6.03 Å². The van der Waals surface area contributed by atoms with Gasteiger partial charge in [0.1, 0.15) is 0 Å². The number of primary amides is 1. The molecule has 60 valence electrons. The largest absolute Gasteiger partial charge is 0.391 e. The lowest BCUT2D eigenvalue weighted by Crippen LogP contribution is -2.37. The van der Waals surface area contributed by atoms with Gasteiger partial charge >= 0.3 is 6.03 Å². The summed E-state index contributed by atoms with van der Waals surface area (Å²) in [5.74, 6) is 0.145. The fraction of sp³-hybridized carbons (Fsp3) is 0.833. The van der Waals surface area contributed by atoms with E-state index in [-0.39, 0.29) is 12.5 Å². The number of rotatable bonds is 3. The highest BCUT2D eigenvalue weighted by Gasteiger charge is 2.08. The van der Waals surface area contributed by atoms with E-state index >= 15 is 0 Å². The molecule has 0 radical (unpaired) electrons. The summed E-state index contributed by atoms with van der Waals surface area (Å²) < 4.78 is 0. The van der Waals surface area contributed by atoms with Crippen LogP contribution < -0.4 is 11.1 Å². The maximum absolute atomic E-state index is 10.1. The van der Waals surface area contributed by atoms with Crippen molar-refractivity contribution in [3.63, 3.8) is 0 Å². The quantitative estimate of drug-likeness (QED) is 0.510. The van der Waals surface area contributed by atoms with Gasteiger partial charge in [0.25, 0.3) is 0 Å². The van der Waals surface area contributed by atoms with Crippen LogP contribution in [0, 0.1) is 5.92 Å². The number of aliphatic hydroxyl groups excluding tert-OH is 1. The highest BCUT2D eigenvalue weighted by molar-refractivity contribution is 5.71. The van der Waals surface area contributed by atoms with E-state index in [1.165, 1.54) is 0 Å². The minimum atomic E-state index is -0.597. The van der Waals surface area contributed by atoms with Gasteiger partial charge in [0, 0.05) is 6.54 Å². The molecular formula is C6H14N2O2. The Bertz CT molecular complexity index is 114. The van der Waals surface area contributed by atoms with Crippen molar-refractivity contribution in [1.82, 2.24) is 5.32 Å². The molecule has 0 aromatic rings. The summed E-state index contributed by atoms with van der Waals surface area (Å²) in [5, 5.41) is 11.4. The Morgan fingerprint density at radius 3 is 2.50 bits per heavy atom. The first kappa shape index (κ1) is 9.23. The van der Waals surface area contributed by atoms with Gasteiger partial charge in [0.15, 0.2) is 0 Å². The second-order valence-electron chi connectivity index (χ2n) is 2.56. The number of carbonyl (C=O) groups is 1. The molecule has 0 heterocycles. The number of amides is 2. The van der Waals surface area contributed by atoms with Crippen LogP contribution in [0.3, 0.4) is 0 Å². The van der Waals surface area contributed by atoms with E-state index in [0.717, 1.165) is 0 Å². The molecule has 4 heteroatoms. The van der Waals surface area contributed by atoms with Crippen molar-refractivity contribution in [2.24, 2.45) is 11.7 Å². The summed E-state index contributed by atoms with van der Waals surface area (Å²) in [7, 11) is 0. The summed E-state index contributed by atoms with van der Waals surface area (Å²) in [6.07, 6.45) is -0.507. The van der Waals surface area contributed by atoms with Gasteiger partial charge in [-0.3, -0.25) is 0 Å². The summed E-state index contributed by atoms with van der Waals surface area (Å²) in [4.78, 5) is 10.1. The number of nitrogens with two attached hydrogens (primary N) is 1. The third-order valence-corrected chi connectivity index (χ3v) is 1.25. The van der Waals surface area contributed by atoms with Crippen LogP contribution in [0.4, 0.5) is 4.79 Å². The van der Waals surface area contributed by atoms with Crippen LogP contribution in [-0.2, 0) is 0 Å². The first-order chi connectivity index (χ1) is 4.54. The average molecular weight is 146 g/mol. The van der Waals surface area contributed by atoms with Gasteiger partial charge in [-0.05, 0) is 5.92 Å². The molecule has 0 saturated carbocycles. The number of carbonyl (C=O) groups excluding carboxylic acids is 1. The smallest absolute Gasteiger partial charge is 0.312 e. The minimum Gasteiger partial charge on any atom is -0.391 e. The maximum Gasteiger partial charge on any atom is 0.312 e. The summed E-state index contributed by atoms with van der Waals surface area (Å²) >= 11 is 0. The van der Waals surface area contributed by atoms with Gasteiger partial charge in [0.05, 0.1) is 6.10 Å². The lowest BCUT2D eigenvalue weighted by Gasteiger charge is -2.13. The van der Waals surface area contributed by atoms with Crippen LogP contribution in [-0.4, -0.2) is 23.8 Å². The van der Waals surface area contributed by atoms with Crippen molar-refractivity contribution in [2.45, 2.75) is 20.0 Å². The van der Waals surface area contributed by atoms with Crippen LogP contribution in [0.15, 0.2) is 0 Å². The predicted molar refractivity (Wildman–Crippen MR) is 38.4 cm³/mol. The summed E-state index contributed by atoms with van der Waals surface area (Å²) in [6.45, 7) is 3.97. The van der Waals surface area contributed by atoms with Gasteiger partial charge in [0.2, 0.25) is 0 Å². The Balaban J connectivity index is 3.39. The Hall–Kier alpha value is -0.770. The second kappa shape index (κ2) is 4.11. The van der Waals surface area contributed by atoms with Crippen LogP contribution in [0.1, 0.15) is 13.8 Å². The van der Waals surface area contributed by atoms with E-state index in [1.54, 1.807) is 0 Å². The van der Waals surface area contributed by atoms with Crippen molar-refractivity contribution in [2.75, 3.05) is 6.54 Å². The maximum atomic E-state index is 10.1. The van der Waals surface area contributed by atoms with Crippen molar-refractivity contribution in [3.05, 3.63) is 0 Å². The molecule has 0 aliphatic heterocycles. The molecular weight excluding hydrogens is 132 g/mol. The van der Waals surface area contributed by atoms with Crippen molar-refractivity contribution in [1.29, 1.82) is 0 Å². The number of aliphatic hydroxyl groups is 1. The Morgan fingerprint density at radius 2 is 2.20 bits per heavy atom. The monoisotopic (exact) mass is 146 g/mol. The molecule has 0 spiro atoms. The zero-order chi connectivity index (χ0) is 8.15. The molecule has 4 N–H and O–H groups in total. The molecule has 2 amide bonds. The average Bonchev–Trinajstić information content (AvgIpc) is 1.82. The van der Waals surface area contributed by atoms with E-state index in [0.29, 0.717) is 0 Å². The number of hydrogen-bond donors (Lipinski definition) is 3. The molecule has 10 heavy (non-hydrogen) atoms. The molecule has 0 fully saturated rings. The molecule has 0 aliphatic rings. The molecule has 4 nitrogen and oxygen atoms in total. The third kappa shape index (κ3) is 4.14. The Labute approximate surface area is 60.4 Å². The van der Waals surface area contributed by atoms with Crippen LogP contribution in [0.5, 0.6) is 0 Å². The second-order valence-corrected chi connectivity index (χ2v) is 2.56. The summed E-state index contributed by atoms with van der Waals surface area (Å²) in [5.41, 5.74) is 4.78. The van der Waals surface area contributed by atoms with E-state index < -0.39 is 12.1 Å². The highest BCUT2D eigenvalue weighted by Crippen LogP contribution is 1.97. The first-order valence-electron chi connectivity index (χ1n) is 3.25. The van der Waals surface area contributed by atoms with Gasteiger partial charge < -0.3 is 16.2 Å². The zero-order valence-corrected chi connectivity index (χ0v) is 6.29. The standard InChI is InChI=1S/C6H14N2O2/c1-4(2)5(9)3-8-6(7)10/h4-5,9H,3H2,1-2H3,(H3,7,8,10). The minimum absolute atomic E-state index is 0.145. The fourth-order valence-corrected chi connectivity index (χ4v) is 0.441. The zero-order valence-electron chi connectivity index (χ0n) is 6.29. The van der Waals surface area contributed by atoms with Crippen LogP contribution in [0.25, 0.3) is 0 Å². The summed E-state index contributed by atoms with van der Waals surface area (Å²) in [6, 6.07) is -0.597. The molecule has 0 saturated heterocycles. The number of urea groups is 1. The normalized spacial score (nSPS) is 13.2. The van der Waals surface area contributed by atoms with Crippen molar-refractivity contribution < 1.29 is 9.90 Å². The Morgan fingerprint density at radius 1 is 1.70 bits per heavy atom. The number of nitrogens with one attached hydrogen (secondary N) is 1. The van der Waals surface area contributed by atoms with E-state index in [1.807, 2.05) is 13.8 Å². The molecule has 0 rings (SSSR count). The van der Waals surface area contributed by atoms with Gasteiger partial charge in [-0.15, -0.1) is 0 Å². The SMILES string of the molecule is CC(C)C(O)CNC(N)=O. The third-order valence-electron chi connectivity index (χ3n) is 1.25. The van der Waals surface area contributed by atoms with E-state index in [2.05, 4.69) is 5.32 Å². The van der Waals surface area contributed by atoms with Gasteiger partial charge in [-0.2, -0.15) is 0 Å². The molecule has 0 aromatic heterocycles. The van der Waals surface area contributed by atoms with Gasteiger partial charge in [-0.25, -0.2) is 4.79 Å². The predicted octanol–water partition coefficient (Wildman–Crippen LogP) is -0.328. The molecule has 0 aliphatic carbocycles. The molecule has 1 unspecified atom stereocenters. The molecule has 0 bridgehead atoms. The van der Waals surface area contributed by atoms with Crippen LogP contribution >= 0.6 is 0 Å². The van der Waals surface area contributed by atoms with Crippen LogP contribution in [0.2, 0.25) is 0 Å². The topological polar surface area (TPSA) is 75.3 Å². The highest BCUT2D eigenvalue weighted by atomic mass is 16.3. The molecule has 1 atom stereocenters.